The maximum Gasteiger partial charge on any atom is 0.220 e. The summed E-state index contributed by atoms with van der Waals surface area (Å²) in [7, 11) is 1.64. The Morgan fingerprint density at radius 3 is 2.56 bits per heavy atom. The highest BCUT2D eigenvalue weighted by Crippen LogP contribution is 2.21. The van der Waals surface area contributed by atoms with Gasteiger partial charge in [0, 0.05) is 19.5 Å². The van der Waals surface area contributed by atoms with Gasteiger partial charge in [-0.15, -0.1) is 0 Å². The number of likely N-dealkylation sites (tertiary alicyclic amines) is 1. The molecule has 5 heteroatoms. The normalized spacial score (nSPS) is 18.6. The minimum absolute atomic E-state index is 0.0189. The van der Waals surface area contributed by atoms with Crippen LogP contribution in [0.5, 0.6) is 5.75 Å². The van der Waals surface area contributed by atoms with Crippen LogP contribution in [0.25, 0.3) is 0 Å². The summed E-state index contributed by atoms with van der Waals surface area (Å²) < 4.78 is 5.15. The van der Waals surface area contributed by atoms with Crippen molar-refractivity contribution < 1.29 is 14.6 Å². The van der Waals surface area contributed by atoms with Gasteiger partial charge in [0.15, 0.2) is 0 Å². The number of ether oxygens (including phenoxy) is 1. The standard InChI is InChI=1S/C20H32N2O3/c1-15-8-10-22(11-9-15)14-18(23)13-21-20(24)12-16(2)17-4-6-19(25-3)7-5-17/h4-7,15-16,18,23H,8-14H2,1-3H3,(H,21,24). The van der Waals surface area contributed by atoms with Crippen molar-refractivity contribution in [1.82, 2.24) is 10.2 Å². The van der Waals surface area contributed by atoms with E-state index >= 15 is 0 Å². The molecular weight excluding hydrogens is 316 g/mol. The average molecular weight is 348 g/mol. The van der Waals surface area contributed by atoms with E-state index in [4.69, 9.17) is 4.74 Å². The topological polar surface area (TPSA) is 61.8 Å². The van der Waals surface area contributed by atoms with Crippen LogP contribution in [0.2, 0.25) is 0 Å². The van der Waals surface area contributed by atoms with Gasteiger partial charge >= 0.3 is 0 Å². The second kappa shape index (κ2) is 9.78. The minimum atomic E-state index is -0.506. The molecule has 5 nitrogen and oxygen atoms in total. The van der Waals surface area contributed by atoms with Gasteiger partial charge in [-0.1, -0.05) is 26.0 Å². The van der Waals surface area contributed by atoms with Crippen molar-refractivity contribution in [2.24, 2.45) is 5.92 Å². The fourth-order valence-corrected chi connectivity index (χ4v) is 3.24. The molecule has 0 aromatic heterocycles. The van der Waals surface area contributed by atoms with E-state index in [1.807, 2.05) is 31.2 Å². The number of aliphatic hydroxyl groups excluding tert-OH is 1. The molecule has 0 bridgehead atoms. The molecule has 2 unspecified atom stereocenters. The number of carbonyl (C=O) groups is 1. The predicted molar refractivity (Wildman–Crippen MR) is 99.9 cm³/mol. The Morgan fingerprint density at radius 2 is 1.96 bits per heavy atom. The maximum absolute atomic E-state index is 12.1. The van der Waals surface area contributed by atoms with E-state index < -0.39 is 6.10 Å². The first-order chi connectivity index (χ1) is 12.0. The molecule has 2 rings (SSSR count). The smallest absolute Gasteiger partial charge is 0.220 e. The van der Waals surface area contributed by atoms with Crippen LogP contribution in [0.1, 0.15) is 44.6 Å². The van der Waals surface area contributed by atoms with E-state index in [0.29, 0.717) is 19.5 Å². The molecular formula is C20H32N2O3. The molecule has 140 valence electrons. The first-order valence-electron chi connectivity index (χ1n) is 9.29. The third-order valence-corrected chi connectivity index (χ3v) is 5.06. The quantitative estimate of drug-likeness (QED) is 0.757. The zero-order chi connectivity index (χ0) is 18.2. The molecule has 0 aliphatic carbocycles. The van der Waals surface area contributed by atoms with Crippen LogP contribution in [-0.2, 0) is 4.79 Å². The van der Waals surface area contributed by atoms with Crippen LogP contribution in [0, 0.1) is 5.92 Å². The van der Waals surface area contributed by atoms with Crippen molar-refractivity contribution in [3.05, 3.63) is 29.8 Å². The van der Waals surface area contributed by atoms with Gasteiger partial charge < -0.3 is 20.1 Å². The highest BCUT2D eigenvalue weighted by Gasteiger charge is 2.19. The number of carbonyl (C=O) groups excluding carboxylic acids is 1. The Bertz CT molecular complexity index is 524. The number of nitrogens with zero attached hydrogens (tertiary/aromatic N) is 1. The van der Waals surface area contributed by atoms with Crippen LogP contribution in [0.3, 0.4) is 0 Å². The summed E-state index contributed by atoms with van der Waals surface area (Å²) in [6, 6.07) is 7.80. The molecule has 1 aliphatic rings. The summed E-state index contributed by atoms with van der Waals surface area (Å²) >= 11 is 0. The Morgan fingerprint density at radius 1 is 1.32 bits per heavy atom. The second-order valence-corrected chi connectivity index (χ2v) is 7.32. The van der Waals surface area contributed by atoms with Crippen LogP contribution in [0.4, 0.5) is 0 Å². The number of nitrogens with one attached hydrogen (secondary N) is 1. The Balaban J connectivity index is 1.68. The molecule has 1 aromatic carbocycles. The number of hydrogen-bond acceptors (Lipinski definition) is 4. The van der Waals surface area contributed by atoms with E-state index in [1.54, 1.807) is 7.11 Å². The van der Waals surface area contributed by atoms with Crippen molar-refractivity contribution in [2.75, 3.05) is 33.3 Å². The number of methoxy groups -OCH3 is 1. The van der Waals surface area contributed by atoms with Crippen LogP contribution >= 0.6 is 0 Å². The molecule has 1 aromatic rings. The number of amides is 1. The molecule has 2 N–H and O–H groups in total. The highest BCUT2D eigenvalue weighted by molar-refractivity contribution is 5.76. The van der Waals surface area contributed by atoms with Gasteiger partial charge in [0.05, 0.1) is 13.2 Å². The number of piperidine rings is 1. The highest BCUT2D eigenvalue weighted by atomic mass is 16.5. The number of β-amino-alcohol motifs (C(OH)–C–C–N with tert-alkyl or cyclic N) is 1. The predicted octanol–water partition coefficient (Wildman–Crippen LogP) is 2.40. The minimum Gasteiger partial charge on any atom is -0.497 e. The zero-order valence-electron chi connectivity index (χ0n) is 15.7. The summed E-state index contributed by atoms with van der Waals surface area (Å²) in [6.45, 7) is 7.35. The maximum atomic E-state index is 12.1. The summed E-state index contributed by atoms with van der Waals surface area (Å²) in [5.74, 6) is 1.71. The third kappa shape index (κ3) is 6.67. The lowest BCUT2D eigenvalue weighted by molar-refractivity contribution is -0.121. The summed E-state index contributed by atoms with van der Waals surface area (Å²) in [4.78, 5) is 14.4. The van der Waals surface area contributed by atoms with Gasteiger partial charge in [0.1, 0.15) is 5.75 Å². The Labute approximate surface area is 151 Å². The van der Waals surface area contributed by atoms with Crippen molar-refractivity contribution >= 4 is 5.91 Å². The first kappa shape index (κ1) is 19.7. The van der Waals surface area contributed by atoms with Gasteiger partial charge in [0.25, 0.3) is 0 Å². The molecule has 2 atom stereocenters. The van der Waals surface area contributed by atoms with Gasteiger partial charge in [-0.2, -0.15) is 0 Å². The van der Waals surface area contributed by atoms with E-state index in [1.165, 1.54) is 12.8 Å². The van der Waals surface area contributed by atoms with Gasteiger partial charge in [-0.25, -0.2) is 0 Å². The molecule has 1 saturated heterocycles. The van der Waals surface area contributed by atoms with E-state index in [9.17, 15) is 9.90 Å². The zero-order valence-corrected chi connectivity index (χ0v) is 15.7. The molecule has 0 saturated carbocycles. The lowest BCUT2D eigenvalue weighted by Gasteiger charge is -2.31. The van der Waals surface area contributed by atoms with Gasteiger partial charge in [-0.3, -0.25) is 4.79 Å². The molecule has 1 aliphatic heterocycles. The molecule has 1 amide bonds. The number of hydrogen-bond donors (Lipinski definition) is 2. The fraction of sp³-hybridized carbons (Fsp3) is 0.650. The number of rotatable bonds is 8. The first-order valence-corrected chi connectivity index (χ1v) is 9.29. The summed E-state index contributed by atoms with van der Waals surface area (Å²) in [5.41, 5.74) is 1.11. The molecule has 1 fully saturated rings. The lowest BCUT2D eigenvalue weighted by Crippen LogP contribution is -2.43. The molecule has 25 heavy (non-hydrogen) atoms. The average Bonchev–Trinajstić information content (AvgIpc) is 2.62. The lowest BCUT2D eigenvalue weighted by atomic mass is 9.97. The van der Waals surface area contributed by atoms with E-state index in [-0.39, 0.29) is 11.8 Å². The van der Waals surface area contributed by atoms with Crippen molar-refractivity contribution in [1.29, 1.82) is 0 Å². The van der Waals surface area contributed by atoms with Gasteiger partial charge in [-0.05, 0) is 55.5 Å². The van der Waals surface area contributed by atoms with E-state index in [2.05, 4.69) is 17.1 Å². The second-order valence-electron chi connectivity index (χ2n) is 7.32. The summed E-state index contributed by atoms with van der Waals surface area (Å²) in [6.07, 6.45) is 2.30. The Kier molecular flexibility index (Phi) is 7.72. The van der Waals surface area contributed by atoms with Crippen molar-refractivity contribution in [2.45, 2.75) is 45.1 Å². The Hall–Kier alpha value is -1.59. The van der Waals surface area contributed by atoms with Crippen molar-refractivity contribution in [3.8, 4) is 5.75 Å². The van der Waals surface area contributed by atoms with Gasteiger partial charge in [0.2, 0.25) is 5.91 Å². The molecule has 0 spiro atoms. The van der Waals surface area contributed by atoms with E-state index in [0.717, 1.165) is 30.3 Å². The SMILES string of the molecule is COc1ccc(C(C)CC(=O)NCC(O)CN2CCC(C)CC2)cc1. The van der Waals surface area contributed by atoms with Crippen molar-refractivity contribution in [3.63, 3.8) is 0 Å². The van der Waals surface area contributed by atoms with Crippen LogP contribution in [0.15, 0.2) is 24.3 Å². The van der Waals surface area contributed by atoms with Crippen LogP contribution < -0.4 is 10.1 Å². The summed E-state index contributed by atoms with van der Waals surface area (Å²) in [5, 5.41) is 13.0. The number of aliphatic hydroxyl groups is 1. The fourth-order valence-electron chi connectivity index (χ4n) is 3.24. The molecule has 0 radical (unpaired) electrons. The molecule has 1 heterocycles. The van der Waals surface area contributed by atoms with Crippen LogP contribution in [-0.4, -0.2) is 55.3 Å². The monoisotopic (exact) mass is 348 g/mol. The largest absolute Gasteiger partial charge is 0.497 e. The number of benzene rings is 1. The third-order valence-electron chi connectivity index (χ3n) is 5.06.